The molecule has 2 bridgehead atoms. The highest BCUT2D eigenvalue weighted by Crippen LogP contribution is 2.36. The maximum Gasteiger partial charge on any atom is 0.276 e. The molecular formula is C22H27FN4O3. The summed E-state index contributed by atoms with van der Waals surface area (Å²) in [6.45, 7) is 5.38. The second kappa shape index (κ2) is 7.65. The van der Waals surface area contributed by atoms with Crippen molar-refractivity contribution in [1.29, 1.82) is 0 Å². The van der Waals surface area contributed by atoms with Crippen molar-refractivity contribution in [3.63, 3.8) is 0 Å². The number of aryl methyl sites for hydroxylation is 1. The average molecular weight is 414 g/mol. The van der Waals surface area contributed by atoms with Crippen molar-refractivity contribution < 1.29 is 13.6 Å². The van der Waals surface area contributed by atoms with Gasteiger partial charge in [0.15, 0.2) is 12.1 Å². The van der Waals surface area contributed by atoms with Gasteiger partial charge in [0.2, 0.25) is 0 Å². The highest BCUT2D eigenvalue weighted by Gasteiger charge is 2.38. The molecule has 2 aromatic heterocycles. The number of carbonyl (C=O) groups excluding carboxylic acids is 1. The van der Waals surface area contributed by atoms with E-state index in [0.717, 1.165) is 17.7 Å². The largest absolute Gasteiger partial charge is 0.448 e. The average Bonchev–Trinajstić information content (AvgIpc) is 3.38. The number of aromatic nitrogens is 2. The van der Waals surface area contributed by atoms with Gasteiger partial charge >= 0.3 is 0 Å². The molecule has 2 fully saturated rings. The van der Waals surface area contributed by atoms with E-state index in [-0.39, 0.29) is 23.3 Å². The number of nitrogens with zero attached hydrogens (tertiary/aromatic N) is 4. The minimum absolute atomic E-state index is 0.0362. The Balaban J connectivity index is 1.37. The Morgan fingerprint density at radius 1 is 1.27 bits per heavy atom. The van der Waals surface area contributed by atoms with Crippen LogP contribution >= 0.6 is 0 Å². The predicted octanol–water partition coefficient (Wildman–Crippen LogP) is 2.20. The Labute approximate surface area is 174 Å². The van der Waals surface area contributed by atoms with Gasteiger partial charge in [0, 0.05) is 62.9 Å². The number of alkyl halides is 1. The standard InChI is InChI=1S/C22H27FN4O3/c1-2-19-20(24-13-30-19)22(29)26-8-14-7-16(11-26)18-4-3-15(21(28)27(18)9-14)10-25-6-5-17(23)12-25/h3-4,13-14,16-17H,2,5-12H2,1H3/t14-,16+,17-/m0/s1. The molecule has 0 unspecified atom stereocenters. The van der Waals surface area contributed by atoms with Crippen LogP contribution in [0.5, 0.6) is 0 Å². The molecule has 0 aliphatic carbocycles. The van der Waals surface area contributed by atoms with Gasteiger partial charge in [-0.3, -0.25) is 14.5 Å². The second-order valence-electron chi connectivity index (χ2n) is 8.81. The number of piperidine rings is 1. The number of halogens is 1. The molecule has 0 N–H and O–H groups in total. The summed E-state index contributed by atoms with van der Waals surface area (Å²) < 4.78 is 20.7. The van der Waals surface area contributed by atoms with E-state index in [1.807, 2.05) is 33.4 Å². The van der Waals surface area contributed by atoms with E-state index in [0.29, 0.717) is 63.6 Å². The molecule has 3 aliphatic rings. The van der Waals surface area contributed by atoms with Gasteiger partial charge in [0.05, 0.1) is 0 Å². The highest BCUT2D eigenvalue weighted by atomic mass is 19.1. The number of fused-ring (bicyclic) bond motifs is 4. The molecular weight excluding hydrogens is 387 g/mol. The molecule has 5 heterocycles. The van der Waals surface area contributed by atoms with Gasteiger partial charge in [0.1, 0.15) is 11.9 Å². The van der Waals surface area contributed by atoms with Gasteiger partial charge < -0.3 is 13.9 Å². The molecule has 3 aliphatic heterocycles. The molecule has 8 heteroatoms. The van der Waals surface area contributed by atoms with E-state index in [9.17, 15) is 14.0 Å². The second-order valence-corrected chi connectivity index (χ2v) is 8.81. The quantitative estimate of drug-likeness (QED) is 0.767. The zero-order valence-electron chi connectivity index (χ0n) is 17.2. The molecule has 5 rings (SSSR count). The molecule has 0 spiro atoms. The van der Waals surface area contributed by atoms with Gasteiger partial charge in [-0.15, -0.1) is 0 Å². The van der Waals surface area contributed by atoms with Crippen molar-refractivity contribution in [3.8, 4) is 0 Å². The van der Waals surface area contributed by atoms with Crippen molar-refractivity contribution in [1.82, 2.24) is 19.4 Å². The first-order valence-corrected chi connectivity index (χ1v) is 10.8. The number of oxazole rings is 1. The Hall–Kier alpha value is -2.48. The summed E-state index contributed by atoms with van der Waals surface area (Å²) in [5.74, 6) is 0.918. The maximum absolute atomic E-state index is 13.5. The Bertz CT molecular complexity index is 1020. The minimum Gasteiger partial charge on any atom is -0.448 e. The first kappa shape index (κ1) is 19.5. The summed E-state index contributed by atoms with van der Waals surface area (Å²) in [6.07, 6.45) is 2.71. The van der Waals surface area contributed by atoms with E-state index in [4.69, 9.17) is 4.42 Å². The number of carbonyl (C=O) groups is 1. The van der Waals surface area contributed by atoms with Crippen LogP contribution in [-0.2, 0) is 19.5 Å². The minimum atomic E-state index is -0.786. The topological polar surface area (TPSA) is 71.6 Å². The Morgan fingerprint density at radius 3 is 2.90 bits per heavy atom. The third kappa shape index (κ3) is 3.37. The summed E-state index contributed by atoms with van der Waals surface area (Å²) in [6, 6.07) is 3.93. The predicted molar refractivity (Wildman–Crippen MR) is 108 cm³/mol. The normalized spacial score (nSPS) is 26.1. The number of hydrogen-bond acceptors (Lipinski definition) is 5. The van der Waals surface area contributed by atoms with E-state index in [2.05, 4.69) is 4.98 Å². The molecule has 2 saturated heterocycles. The first-order valence-electron chi connectivity index (χ1n) is 10.8. The number of amides is 1. The lowest BCUT2D eigenvalue weighted by Crippen LogP contribution is -2.49. The van der Waals surface area contributed by atoms with E-state index in [1.165, 1.54) is 6.39 Å². The van der Waals surface area contributed by atoms with Crippen LogP contribution in [0.15, 0.2) is 27.7 Å². The number of rotatable bonds is 4. The molecule has 160 valence electrons. The molecule has 1 amide bonds. The highest BCUT2D eigenvalue weighted by molar-refractivity contribution is 5.93. The van der Waals surface area contributed by atoms with Crippen LogP contribution in [0.1, 0.15) is 53.2 Å². The van der Waals surface area contributed by atoms with Crippen LogP contribution in [0, 0.1) is 5.92 Å². The van der Waals surface area contributed by atoms with Crippen LogP contribution in [0.25, 0.3) is 0 Å². The van der Waals surface area contributed by atoms with Gasteiger partial charge in [-0.25, -0.2) is 9.37 Å². The van der Waals surface area contributed by atoms with Crippen LogP contribution in [-0.4, -0.2) is 57.6 Å². The monoisotopic (exact) mass is 414 g/mol. The van der Waals surface area contributed by atoms with Crippen LogP contribution in [0.4, 0.5) is 4.39 Å². The number of hydrogen-bond donors (Lipinski definition) is 0. The van der Waals surface area contributed by atoms with Crippen LogP contribution < -0.4 is 5.56 Å². The summed E-state index contributed by atoms with van der Waals surface area (Å²) >= 11 is 0. The third-order valence-corrected chi connectivity index (χ3v) is 6.74. The van der Waals surface area contributed by atoms with E-state index < -0.39 is 6.17 Å². The maximum atomic E-state index is 13.5. The third-order valence-electron chi connectivity index (χ3n) is 6.74. The fraction of sp³-hybridized carbons (Fsp3) is 0.591. The van der Waals surface area contributed by atoms with Crippen molar-refractivity contribution in [2.24, 2.45) is 5.92 Å². The number of likely N-dealkylation sites (tertiary alicyclic amines) is 2. The SMILES string of the molecule is CCc1ocnc1C(=O)N1C[C@@H]2C[C@H](C1)c1ccc(CN3CC[C@H](F)C3)c(=O)n1C2. The smallest absolute Gasteiger partial charge is 0.276 e. The molecule has 30 heavy (non-hydrogen) atoms. The molecule has 3 atom stereocenters. The number of pyridine rings is 1. The van der Waals surface area contributed by atoms with E-state index in [1.54, 1.807) is 0 Å². The van der Waals surface area contributed by atoms with Crippen molar-refractivity contribution >= 4 is 5.91 Å². The van der Waals surface area contributed by atoms with Gasteiger partial charge in [-0.05, 0) is 24.8 Å². The van der Waals surface area contributed by atoms with Crippen molar-refractivity contribution in [2.45, 2.75) is 51.4 Å². The zero-order valence-corrected chi connectivity index (χ0v) is 17.2. The van der Waals surface area contributed by atoms with Gasteiger partial charge in [0.25, 0.3) is 11.5 Å². The fourth-order valence-corrected chi connectivity index (χ4v) is 5.29. The summed E-state index contributed by atoms with van der Waals surface area (Å²) in [7, 11) is 0. The summed E-state index contributed by atoms with van der Waals surface area (Å²) in [5, 5.41) is 0. The molecule has 0 radical (unpaired) electrons. The summed E-state index contributed by atoms with van der Waals surface area (Å²) in [4.78, 5) is 34.2. The lowest BCUT2D eigenvalue weighted by Gasteiger charge is -2.42. The van der Waals surface area contributed by atoms with Crippen LogP contribution in [0.3, 0.4) is 0 Å². The Morgan fingerprint density at radius 2 is 2.13 bits per heavy atom. The van der Waals surface area contributed by atoms with Gasteiger partial charge in [-0.1, -0.05) is 13.0 Å². The lowest BCUT2D eigenvalue weighted by molar-refractivity contribution is 0.0586. The molecule has 0 saturated carbocycles. The fourth-order valence-electron chi connectivity index (χ4n) is 5.29. The molecule has 7 nitrogen and oxygen atoms in total. The molecule has 0 aromatic carbocycles. The zero-order chi connectivity index (χ0) is 20.8. The summed E-state index contributed by atoms with van der Waals surface area (Å²) in [5.41, 5.74) is 2.17. The van der Waals surface area contributed by atoms with E-state index >= 15 is 0 Å². The Kier molecular flexibility index (Phi) is 4.97. The lowest BCUT2D eigenvalue weighted by atomic mass is 9.82. The van der Waals surface area contributed by atoms with Gasteiger partial charge in [-0.2, -0.15) is 0 Å². The first-order chi connectivity index (χ1) is 14.5. The van der Waals surface area contributed by atoms with Crippen molar-refractivity contribution in [3.05, 3.63) is 51.6 Å². The molecule has 2 aromatic rings. The van der Waals surface area contributed by atoms with Crippen LogP contribution in [0.2, 0.25) is 0 Å². The van der Waals surface area contributed by atoms with Crippen molar-refractivity contribution in [2.75, 3.05) is 26.2 Å².